The molecule has 0 saturated heterocycles. The van der Waals surface area contributed by atoms with E-state index in [-0.39, 0.29) is 17.2 Å². The molecule has 1 fully saturated rings. The Morgan fingerprint density at radius 3 is 1.89 bits per heavy atom. The normalized spacial score (nSPS) is 17.2. The highest BCUT2D eigenvalue weighted by Crippen LogP contribution is 2.59. The summed E-state index contributed by atoms with van der Waals surface area (Å²) in [5, 5.41) is 3.91. The van der Waals surface area contributed by atoms with Crippen LogP contribution in [0.15, 0.2) is 66.7 Å². The zero-order valence-electron chi connectivity index (χ0n) is 15.8. The highest BCUT2D eigenvalue weighted by atomic mass is 35.5. The Kier molecular flexibility index (Phi) is 4.95. The van der Waals surface area contributed by atoms with Gasteiger partial charge in [-0.15, -0.1) is 0 Å². The van der Waals surface area contributed by atoms with Gasteiger partial charge in [-0.05, 0) is 49.6 Å². The van der Waals surface area contributed by atoms with Gasteiger partial charge in [0.2, 0.25) is 5.91 Å². The van der Waals surface area contributed by atoms with Crippen LogP contribution in [0.3, 0.4) is 0 Å². The molecular weight excluding hydrogens is 389 g/mol. The Morgan fingerprint density at radius 2 is 1.39 bits per heavy atom. The van der Waals surface area contributed by atoms with Gasteiger partial charge in [-0.25, -0.2) is 0 Å². The molecule has 0 radical (unpaired) electrons. The van der Waals surface area contributed by atoms with Crippen molar-refractivity contribution in [2.24, 2.45) is 5.92 Å². The van der Waals surface area contributed by atoms with Crippen LogP contribution in [0.5, 0.6) is 0 Å². The topological polar surface area (TPSA) is 29.1 Å². The molecule has 1 N–H and O–H groups in total. The highest BCUT2D eigenvalue weighted by Gasteiger charge is 2.60. The van der Waals surface area contributed by atoms with E-state index >= 15 is 0 Å². The Bertz CT molecular complexity index is 980. The van der Waals surface area contributed by atoms with Crippen LogP contribution in [0.2, 0.25) is 10.0 Å². The molecule has 0 spiro atoms. The maximum absolute atomic E-state index is 13.1. The fourth-order valence-electron chi connectivity index (χ4n) is 3.89. The quantitative estimate of drug-likeness (QED) is 0.519. The third-order valence-electron chi connectivity index (χ3n) is 5.60. The molecule has 0 aromatic heterocycles. The maximum Gasteiger partial charge on any atom is 0.228 e. The van der Waals surface area contributed by atoms with E-state index in [0.717, 1.165) is 6.42 Å². The van der Waals surface area contributed by atoms with E-state index in [2.05, 4.69) is 67.7 Å². The average molecular weight is 410 g/mol. The van der Waals surface area contributed by atoms with E-state index in [9.17, 15) is 4.79 Å². The van der Waals surface area contributed by atoms with Crippen molar-refractivity contribution in [3.63, 3.8) is 0 Å². The summed E-state index contributed by atoms with van der Waals surface area (Å²) >= 11 is 12.1. The molecule has 4 rings (SSSR count). The van der Waals surface area contributed by atoms with Crippen LogP contribution in [-0.2, 0) is 10.2 Å². The number of halogens is 2. The van der Waals surface area contributed by atoms with Crippen molar-refractivity contribution < 1.29 is 4.79 Å². The van der Waals surface area contributed by atoms with Crippen molar-refractivity contribution >= 4 is 34.8 Å². The number of amides is 1. The SMILES string of the molecule is Cc1ccc(C2(c3ccc(C)cc3)C[C@@H]2C(=O)Nc2ccc(Cl)c(Cl)c2)cc1. The van der Waals surface area contributed by atoms with Gasteiger partial charge in [0, 0.05) is 11.1 Å². The predicted octanol–water partition coefficient (Wildman–Crippen LogP) is 6.55. The van der Waals surface area contributed by atoms with Crippen LogP contribution in [0.25, 0.3) is 0 Å². The lowest BCUT2D eigenvalue weighted by Gasteiger charge is -2.19. The largest absolute Gasteiger partial charge is 0.326 e. The van der Waals surface area contributed by atoms with Crippen LogP contribution in [0.1, 0.15) is 28.7 Å². The van der Waals surface area contributed by atoms with Crippen LogP contribution in [0.4, 0.5) is 5.69 Å². The number of hydrogen-bond acceptors (Lipinski definition) is 1. The van der Waals surface area contributed by atoms with Gasteiger partial charge in [0.15, 0.2) is 0 Å². The van der Waals surface area contributed by atoms with Gasteiger partial charge in [-0.1, -0.05) is 82.9 Å². The second kappa shape index (κ2) is 7.27. The molecule has 0 bridgehead atoms. The first-order valence-corrected chi connectivity index (χ1v) is 10.1. The smallest absolute Gasteiger partial charge is 0.228 e. The first-order chi connectivity index (χ1) is 13.4. The third kappa shape index (κ3) is 3.43. The fourth-order valence-corrected chi connectivity index (χ4v) is 4.19. The van der Waals surface area contributed by atoms with Crippen LogP contribution in [0, 0.1) is 19.8 Å². The number of aryl methyl sites for hydroxylation is 2. The summed E-state index contributed by atoms with van der Waals surface area (Å²) < 4.78 is 0. The second-order valence-corrected chi connectivity index (χ2v) is 8.39. The molecule has 1 amide bonds. The van der Waals surface area contributed by atoms with Crippen molar-refractivity contribution in [1.29, 1.82) is 0 Å². The number of nitrogens with one attached hydrogen (secondary N) is 1. The summed E-state index contributed by atoms with van der Waals surface area (Å²) in [7, 11) is 0. The molecule has 0 heterocycles. The number of hydrogen-bond donors (Lipinski definition) is 1. The van der Waals surface area contributed by atoms with Gasteiger partial charge < -0.3 is 5.32 Å². The van der Waals surface area contributed by atoms with E-state index < -0.39 is 0 Å². The molecule has 142 valence electrons. The molecule has 3 aromatic rings. The Morgan fingerprint density at radius 1 is 0.857 bits per heavy atom. The molecular formula is C24H21Cl2NO. The van der Waals surface area contributed by atoms with Gasteiger partial charge in [0.25, 0.3) is 0 Å². The molecule has 0 unspecified atom stereocenters. The summed E-state index contributed by atoms with van der Waals surface area (Å²) in [5.74, 6) is -0.132. The van der Waals surface area contributed by atoms with Gasteiger partial charge >= 0.3 is 0 Å². The molecule has 3 aromatic carbocycles. The lowest BCUT2D eigenvalue weighted by molar-refractivity contribution is -0.117. The first kappa shape index (κ1) is 19.0. The van der Waals surface area contributed by atoms with E-state index in [1.807, 2.05) is 0 Å². The number of rotatable bonds is 4. The van der Waals surface area contributed by atoms with E-state index in [0.29, 0.717) is 15.7 Å². The first-order valence-electron chi connectivity index (χ1n) is 9.30. The lowest BCUT2D eigenvalue weighted by Crippen LogP contribution is -2.22. The summed E-state index contributed by atoms with van der Waals surface area (Å²) in [6, 6.07) is 22.1. The number of anilines is 1. The monoisotopic (exact) mass is 409 g/mol. The molecule has 2 nitrogen and oxygen atoms in total. The molecule has 1 saturated carbocycles. The zero-order valence-corrected chi connectivity index (χ0v) is 17.3. The Hall–Kier alpha value is -2.29. The van der Waals surface area contributed by atoms with Gasteiger partial charge in [0.1, 0.15) is 0 Å². The lowest BCUT2D eigenvalue weighted by atomic mass is 9.85. The summed E-state index contributed by atoms with van der Waals surface area (Å²) in [6.45, 7) is 4.15. The van der Waals surface area contributed by atoms with Crippen molar-refractivity contribution in [2.45, 2.75) is 25.7 Å². The number of carbonyl (C=O) groups excluding carboxylic acids is 1. The molecule has 1 atom stereocenters. The maximum atomic E-state index is 13.1. The summed E-state index contributed by atoms with van der Waals surface area (Å²) in [5.41, 5.74) is 5.14. The van der Waals surface area contributed by atoms with E-state index in [4.69, 9.17) is 23.2 Å². The van der Waals surface area contributed by atoms with Gasteiger partial charge in [-0.2, -0.15) is 0 Å². The second-order valence-electron chi connectivity index (χ2n) is 7.58. The van der Waals surface area contributed by atoms with Crippen molar-refractivity contribution in [2.75, 3.05) is 5.32 Å². The van der Waals surface area contributed by atoms with Crippen molar-refractivity contribution in [3.8, 4) is 0 Å². The molecule has 1 aliphatic carbocycles. The van der Waals surface area contributed by atoms with Gasteiger partial charge in [0.05, 0.1) is 16.0 Å². The number of benzene rings is 3. The highest BCUT2D eigenvalue weighted by molar-refractivity contribution is 6.42. The fraction of sp³-hybridized carbons (Fsp3) is 0.208. The minimum absolute atomic E-state index is 0.000427. The predicted molar refractivity (Wildman–Crippen MR) is 116 cm³/mol. The van der Waals surface area contributed by atoms with Crippen LogP contribution >= 0.6 is 23.2 Å². The Balaban J connectivity index is 1.66. The standard InChI is InChI=1S/C24H21Cl2NO/c1-15-3-7-17(8-4-15)24(18-9-5-16(2)6-10-18)14-20(24)23(28)27-19-11-12-21(25)22(26)13-19/h3-13,20H,14H2,1-2H3,(H,27,28)/t20-/m1/s1. The Labute approximate surface area is 175 Å². The van der Waals surface area contributed by atoms with Crippen molar-refractivity contribution in [3.05, 3.63) is 99.0 Å². The molecule has 4 heteroatoms. The summed E-state index contributed by atoms with van der Waals surface area (Å²) in [4.78, 5) is 13.1. The van der Waals surface area contributed by atoms with E-state index in [1.54, 1.807) is 18.2 Å². The molecule has 0 aliphatic heterocycles. The minimum Gasteiger partial charge on any atom is -0.326 e. The number of carbonyl (C=O) groups is 1. The van der Waals surface area contributed by atoms with Crippen LogP contribution in [-0.4, -0.2) is 5.91 Å². The van der Waals surface area contributed by atoms with Crippen LogP contribution < -0.4 is 5.32 Å². The average Bonchev–Trinajstić information content (AvgIpc) is 3.43. The van der Waals surface area contributed by atoms with Gasteiger partial charge in [-0.3, -0.25) is 4.79 Å². The minimum atomic E-state index is -0.290. The summed E-state index contributed by atoms with van der Waals surface area (Å²) in [6.07, 6.45) is 0.784. The zero-order chi connectivity index (χ0) is 19.9. The van der Waals surface area contributed by atoms with Crippen molar-refractivity contribution in [1.82, 2.24) is 0 Å². The van der Waals surface area contributed by atoms with E-state index in [1.165, 1.54) is 22.3 Å². The third-order valence-corrected chi connectivity index (χ3v) is 6.34. The molecule has 1 aliphatic rings. The molecule has 28 heavy (non-hydrogen) atoms.